The zero-order valence-corrected chi connectivity index (χ0v) is 15.6. The third-order valence-corrected chi connectivity index (χ3v) is 7.06. The lowest BCUT2D eigenvalue weighted by Gasteiger charge is -2.49. The van der Waals surface area contributed by atoms with Crippen molar-refractivity contribution in [1.82, 2.24) is 0 Å². The van der Waals surface area contributed by atoms with Crippen LogP contribution in [0.5, 0.6) is 0 Å². The van der Waals surface area contributed by atoms with Gasteiger partial charge in [-0.1, -0.05) is 36.8 Å². The maximum absolute atomic E-state index is 11.1. The molecule has 3 fully saturated rings. The molecule has 26 heavy (non-hydrogen) atoms. The van der Waals surface area contributed by atoms with Crippen LogP contribution < -0.4 is 0 Å². The predicted molar refractivity (Wildman–Crippen MR) is 99.3 cm³/mol. The first-order valence-corrected chi connectivity index (χ1v) is 9.66. The first-order valence-electron chi connectivity index (χ1n) is 9.66. The van der Waals surface area contributed by atoms with E-state index < -0.39 is 29.8 Å². The van der Waals surface area contributed by atoms with Gasteiger partial charge in [0.15, 0.2) is 0 Å². The molecule has 3 rings (SSSR count). The van der Waals surface area contributed by atoms with Gasteiger partial charge in [-0.15, -0.1) is 0 Å². The van der Waals surface area contributed by atoms with Gasteiger partial charge in [-0.25, -0.2) is 0 Å². The molecule has 5 N–H and O–H groups in total. The van der Waals surface area contributed by atoms with Gasteiger partial charge >= 0.3 is 0 Å². The lowest BCUT2D eigenvalue weighted by Crippen LogP contribution is -2.57. The van der Waals surface area contributed by atoms with E-state index in [2.05, 4.69) is 6.58 Å². The van der Waals surface area contributed by atoms with Crippen molar-refractivity contribution in [2.45, 2.75) is 75.8 Å². The van der Waals surface area contributed by atoms with Crippen LogP contribution in [0.2, 0.25) is 0 Å². The fraction of sp³-hybridized carbons (Fsp3) is 0.714. The highest BCUT2D eigenvalue weighted by molar-refractivity contribution is 5.37. The monoisotopic (exact) mass is 364 g/mol. The number of aliphatic hydroxyl groups is 5. The highest BCUT2D eigenvalue weighted by atomic mass is 16.4. The first kappa shape index (κ1) is 19.8. The molecular weight excluding hydrogens is 332 g/mol. The number of aliphatic hydroxyl groups excluding tert-OH is 4. The van der Waals surface area contributed by atoms with Gasteiger partial charge in [-0.05, 0) is 56.4 Å². The van der Waals surface area contributed by atoms with Crippen LogP contribution in [0.25, 0.3) is 0 Å². The molecule has 0 saturated heterocycles. The first-order chi connectivity index (χ1) is 12.2. The van der Waals surface area contributed by atoms with E-state index in [1.807, 2.05) is 19.1 Å². The summed E-state index contributed by atoms with van der Waals surface area (Å²) in [6.07, 6.45) is 6.10. The lowest BCUT2D eigenvalue weighted by molar-refractivity contribution is -0.170. The van der Waals surface area contributed by atoms with Gasteiger partial charge in [0.05, 0.1) is 24.4 Å². The summed E-state index contributed by atoms with van der Waals surface area (Å²) in [7, 11) is 0. The summed E-state index contributed by atoms with van der Waals surface area (Å²) in [5, 5.41) is 51.1. The molecule has 0 bridgehead atoms. The highest BCUT2D eigenvalue weighted by Crippen LogP contribution is 2.60. The average molecular weight is 364 g/mol. The van der Waals surface area contributed by atoms with Crippen LogP contribution >= 0.6 is 0 Å². The van der Waals surface area contributed by atoms with E-state index in [-0.39, 0.29) is 12.0 Å². The fourth-order valence-electron chi connectivity index (χ4n) is 5.44. The second-order valence-electron chi connectivity index (χ2n) is 8.63. The Morgan fingerprint density at radius 3 is 2.62 bits per heavy atom. The topological polar surface area (TPSA) is 101 Å². The van der Waals surface area contributed by atoms with E-state index in [4.69, 9.17) is 0 Å². The third kappa shape index (κ3) is 3.20. The maximum Gasteiger partial charge on any atom is 0.106 e. The van der Waals surface area contributed by atoms with Crippen molar-refractivity contribution in [2.75, 3.05) is 6.61 Å². The Morgan fingerprint density at radius 2 is 1.92 bits per heavy atom. The largest absolute Gasteiger partial charge is 0.394 e. The zero-order valence-electron chi connectivity index (χ0n) is 15.6. The summed E-state index contributed by atoms with van der Waals surface area (Å²) in [6.45, 7) is 5.51. The fourth-order valence-corrected chi connectivity index (χ4v) is 5.44. The van der Waals surface area contributed by atoms with Gasteiger partial charge in [0, 0.05) is 5.41 Å². The molecule has 0 aliphatic heterocycles. The van der Waals surface area contributed by atoms with Gasteiger partial charge in [0.2, 0.25) is 0 Å². The van der Waals surface area contributed by atoms with E-state index in [9.17, 15) is 25.5 Å². The van der Waals surface area contributed by atoms with Gasteiger partial charge in [0.1, 0.15) is 6.10 Å². The molecule has 0 radical (unpaired) electrons. The lowest BCUT2D eigenvalue weighted by atomic mass is 9.59. The van der Waals surface area contributed by atoms with E-state index in [0.29, 0.717) is 25.7 Å². The number of fused-ring (bicyclic) bond motifs is 1. The Hall–Kier alpha value is -0.980. The molecule has 146 valence electrons. The molecule has 5 heteroatoms. The van der Waals surface area contributed by atoms with Crippen LogP contribution in [0.4, 0.5) is 0 Å². The van der Waals surface area contributed by atoms with Crippen LogP contribution in [-0.4, -0.2) is 56.1 Å². The Kier molecular flexibility index (Phi) is 5.48. The molecule has 3 aliphatic rings. The van der Waals surface area contributed by atoms with Gasteiger partial charge in [-0.2, -0.15) is 0 Å². The number of hydrogen-bond donors (Lipinski definition) is 5. The van der Waals surface area contributed by atoms with Gasteiger partial charge in [0.25, 0.3) is 0 Å². The standard InChI is InChI=1S/C21H32O5/c1-13-3-6-16(23)9-14(13)4-5-15-10-17(24)11-20(2)18(15)7-8-21(20,26)19(25)12-22/h4-5,16-19,22-26H,1,3,6-12H2,2H3/b14-4-,15-5+/t16-,17-,18-,19-,20-,21-/m0/s1. The summed E-state index contributed by atoms with van der Waals surface area (Å²) in [5.74, 6) is 0.0516. The highest BCUT2D eigenvalue weighted by Gasteiger charge is 2.62. The summed E-state index contributed by atoms with van der Waals surface area (Å²) >= 11 is 0. The smallest absolute Gasteiger partial charge is 0.106 e. The zero-order chi connectivity index (χ0) is 19.1. The Morgan fingerprint density at radius 1 is 1.19 bits per heavy atom. The van der Waals surface area contributed by atoms with Crippen molar-refractivity contribution < 1.29 is 25.5 Å². The van der Waals surface area contributed by atoms with Gasteiger partial charge < -0.3 is 25.5 Å². The van der Waals surface area contributed by atoms with E-state index in [0.717, 1.165) is 36.0 Å². The SMILES string of the molecule is C=C1CC[C@H](O)C/C1=C/C=C1\C[C@H](O)C[C@@]2(C)[C@H]1CC[C@]2(O)[C@@H](O)CO. The molecule has 3 aliphatic carbocycles. The van der Waals surface area contributed by atoms with Crippen LogP contribution in [-0.2, 0) is 0 Å². The summed E-state index contributed by atoms with van der Waals surface area (Å²) in [4.78, 5) is 0. The minimum Gasteiger partial charge on any atom is -0.394 e. The average Bonchev–Trinajstić information content (AvgIpc) is 2.86. The van der Waals surface area contributed by atoms with Crippen molar-refractivity contribution in [3.63, 3.8) is 0 Å². The maximum atomic E-state index is 11.1. The summed E-state index contributed by atoms with van der Waals surface area (Å²) in [5.41, 5.74) is 1.07. The molecule has 0 amide bonds. The van der Waals surface area contributed by atoms with E-state index in [1.165, 1.54) is 0 Å². The Labute approximate surface area is 155 Å². The summed E-state index contributed by atoms with van der Waals surface area (Å²) < 4.78 is 0. The Bertz CT molecular complexity index is 624. The van der Waals surface area contributed by atoms with Crippen molar-refractivity contribution in [3.8, 4) is 0 Å². The van der Waals surface area contributed by atoms with E-state index in [1.54, 1.807) is 0 Å². The molecule has 6 atom stereocenters. The van der Waals surface area contributed by atoms with Crippen molar-refractivity contribution >= 4 is 0 Å². The minimum atomic E-state index is -1.40. The van der Waals surface area contributed by atoms with Crippen molar-refractivity contribution in [2.24, 2.45) is 11.3 Å². The third-order valence-electron chi connectivity index (χ3n) is 7.06. The van der Waals surface area contributed by atoms with Crippen LogP contribution in [0, 0.1) is 11.3 Å². The molecule has 0 unspecified atom stereocenters. The van der Waals surface area contributed by atoms with Crippen molar-refractivity contribution in [1.29, 1.82) is 0 Å². The quantitative estimate of drug-likeness (QED) is 0.524. The van der Waals surface area contributed by atoms with Crippen LogP contribution in [0.15, 0.2) is 35.5 Å². The molecule has 0 spiro atoms. The number of hydrogen-bond acceptors (Lipinski definition) is 5. The molecule has 0 aromatic rings. The normalized spacial score (nSPS) is 45.2. The molecule has 5 nitrogen and oxygen atoms in total. The number of allylic oxidation sites excluding steroid dienone is 3. The van der Waals surface area contributed by atoms with Crippen molar-refractivity contribution in [3.05, 3.63) is 35.5 Å². The molecule has 0 heterocycles. The van der Waals surface area contributed by atoms with Crippen LogP contribution in [0.3, 0.4) is 0 Å². The Balaban J connectivity index is 1.91. The molecule has 3 saturated carbocycles. The second kappa shape index (κ2) is 7.21. The number of rotatable bonds is 3. The minimum absolute atomic E-state index is 0.0516. The van der Waals surface area contributed by atoms with Gasteiger partial charge in [-0.3, -0.25) is 0 Å². The molecule has 0 aromatic heterocycles. The summed E-state index contributed by atoms with van der Waals surface area (Å²) in [6, 6.07) is 0. The predicted octanol–water partition coefficient (Wildman–Crippen LogP) is 1.60. The van der Waals surface area contributed by atoms with Crippen LogP contribution in [0.1, 0.15) is 51.9 Å². The molecular formula is C21H32O5. The van der Waals surface area contributed by atoms with E-state index >= 15 is 0 Å². The molecule has 0 aromatic carbocycles. The second-order valence-corrected chi connectivity index (χ2v) is 8.63.